The molecule has 9 heteroatoms. The van der Waals surface area contributed by atoms with Crippen molar-refractivity contribution in [1.82, 2.24) is 15.4 Å². The Morgan fingerprint density at radius 2 is 1.77 bits per heavy atom. The van der Waals surface area contributed by atoms with E-state index in [0.717, 1.165) is 5.56 Å². The molecule has 1 aromatic heterocycles. The van der Waals surface area contributed by atoms with Gasteiger partial charge in [-0.2, -0.15) is 0 Å². The van der Waals surface area contributed by atoms with Crippen molar-refractivity contribution in [3.63, 3.8) is 0 Å². The number of rotatable bonds is 8. The average molecular weight is 379 g/mol. The first-order valence-electron chi connectivity index (χ1n) is 7.94. The van der Waals surface area contributed by atoms with Crippen LogP contribution >= 0.6 is 0 Å². The Morgan fingerprint density at radius 1 is 1.08 bits per heavy atom. The van der Waals surface area contributed by atoms with Gasteiger partial charge >= 0.3 is 0 Å². The monoisotopic (exact) mass is 379 g/mol. The van der Waals surface area contributed by atoms with Gasteiger partial charge in [-0.05, 0) is 38.1 Å². The fourth-order valence-electron chi connectivity index (χ4n) is 2.10. The van der Waals surface area contributed by atoms with Crippen molar-refractivity contribution in [1.29, 1.82) is 0 Å². The number of benzene rings is 1. The lowest BCUT2D eigenvalue weighted by molar-refractivity contribution is -0.125. The highest BCUT2D eigenvalue weighted by Gasteiger charge is 2.16. The van der Waals surface area contributed by atoms with E-state index >= 15 is 0 Å². The van der Waals surface area contributed by atoms with E-state index in [2.05, 4.69) is 15.4 Å². The molecule has 0 radical (unpaired) electrons. The summed E-state index contributed by atoms with van der Waals surface area (Å²) in [7, 11) is -3.78. The van der Waals surface area contributed by atoms with E-state index in [4.69, 9.17) is 4.42 Å². The topological polar surface area (TPSA) is 118 Å². The van der Waals surface area contributed by atoms with Crippen LogP contribution in [0.25, 0.3) is 0 Å². The normalized spacial score (nSPS) is 12.4. The molecule has 0 aliphatic heterocycles. The van der Waals surface area contributed by atoms with Crippen molar-refractivity contribution >= 4 is 21.8 Å². The number of furan rings is 1. The van der Waals surface area contributed by atoms with Crippen LogP contribution < -0.4 is 15.4 Å². The van der Waals surface area contributed by atoms with Crippen LogP contribution in [0.2, 0.25) is 0 Å². The number of carbonyl (C=O) groups excluding carboxylic acids is 2. The standard InChI is InChI=1S/C17H21N3O5S/c1-12-5-7-14(8-6-12)26(23,24)19-11-16(21)18-10-17(22)20-13(2)15-4-3-9-25-15/h3-9,13,19H,10-11H2,1-2H3,(H,18,21)(H,20,22)/t13-/m1/s1. The summed E-state index contributed by atoms with van der Waals surface area (Å²) in [6, 6.07) is 9.34. The lowest BCUT2D eigenvalue weighted by Gasteiger charge is -2.12. The van der Waals surface area contributed by atoms with E-state index < -0.39 is 28.4 Å². The minimum Gasteiger partial charge on any atom is -0.467 e. The maximum atomic E-state index is 12.1. The van der Waals surface area contributed by atoms with Gasteiger partial charge < -0.3 is 15.1 Å². The van der Waals surface area contributed by atoms with Crippen molar-refractivity contribution in [3.8, 4) is 0 Å². The maximum absolute atomic E-state index is 12.1. The Bertz CT molecular complexity index is 845. The van der Waals surface area contributed by atoms with E-state index in [1.54, 1.807) is 31.2 Å². The zero-order chi connectivity index (χ0) is 19.2. The van der Waals surface area contributed by atoms with E-state index in [9.17, 15) is 18.0 Å². The van der Waals surface area contributed by atoms with Crippen molar-refractivity contribution in [2.75, 3.05) is 13.1 Å². The summed E-state index contributed by atoms with van der Waals surface area (Å²) >= 11 is 0. The number of hydrogen-bond donors (Lipinski definition) is 3. The molecule has 0 bridgehead atoms. The van der Waals surface area contributed by atoms with Crippen molar-refractivity contribution < 1.29 is 22.4 Å². The highest BCUT2D eigenvalue weighted by atomic mass is 32.2. The van der Waals surface area contributed by atoms with Gasteiger partial charge in [0.1, 0.15) is 5.76 Å². The number of nitrogens with one attached hydrogen (secondary N) is 3. The summed E-state index contributed by atoms with van der Waals surface area (Å²) in [6.45, 7) is 2.86. The molecule has 2 amide bonds. The highest BCUT2D eigenvalue weighted by molar-refractivity contribution is 7.89. The van der Waals surface area contributed by atoms with Crippen LogP contribution in [-0.4, -0.2) is 33.3 Å². The molecule has 0 aliphatic rings. The quantitative estimate of drug-likeness (QED) is 0.629. The van der Waals surface area contributed by atoms with E-state index in [-0.39, 0.29) is 17.5 Å². The number of sulfonamides is 1. The average Bonchev–Trinajstić information content (AvgIpc) is 3.13. The molecule has 0 aliphatic carbocycles. The molecule has 2 rings (SSSR count). The third-order valence-corrected chi connectivity index (χ3v) is 4.96. The van der Waals surface area contributed by atoms with Gasteiger partial charge in [-0.3, -0.25) is 9.59 Å². The molecule has 3 N–H and O–H groups in total. The summed E-state index contributed by atoms with van der Waals surface area (Å²) in [5.74, 6) is -0.430. The smallest absolute Gasteiger partial charge is 0.241 e. The molecular weight excluding hydrogens is 358 g/mol. The first kappa shape index (κ1) is 19.7. The summed E-state index contributed by atoms with van der Waals surface area (Å²) in [6.07, 6.45) is 1.50. The molecule has 0 unspecified atom stereocenters. The SMILES string of the molecule is Cc1ccc(S(=O)(=O)NCC(=O)NCC(=O)N[C@H](C)c2ccco2)cc1. The molecule has 1 atom stereocenters. The molecule has 140 valence electrons. The summed E-state index contributed by atoms with van der Waals surface area (Å²) in [5.41, 5.74) is 0.927. The van der Waals surface area contributed by atoms with Crippen LogP contribution in [0.1, 0.15) is 24.3 Å². The van der Waals surface area contributed by atoms with Gasteiger partial charge in [0.05, 0.1) is 30.3 Å². The summed E-state index contributed by atoms with van der Waals surface area (Å²) < 4.78 is 31.5. The minimum absolute atomic E-state index is 0.0703. The van der Waals surface area contributed by atoms with Gasteiger partial charge in [0.2, 0.25) is 21.8 Å². The fourth-order valence-corrected chi connectivity index (χ4v) is 3.09. The molecule has 26 heavy (non-hydrogen) atoms. The number of carbonyl (C=O) groups is 2. The third-order valence-electron chi connectivity index (χ3n) is 3.55. The van der Waals surface area contributed by atoms with Crippen LogP contribution in [0.5, 0.6) is 0 Å². The zero-order valence-electron chi connectivity index (χ0n) is 14.5. The van der Waals surface area contributed by atoms with Crippen LogP contribution in [-0.2, 0) is 19.6 Å². The fraction of sp³-hybridized carbons (Fsp3) is 0.294. The Morgan fingerprint density at radius 3 is 2.38 bits per heavy atom. The molecule has 1 aromatic carbocycles. The van der Waals surface area contributed by atoms with Gasteiger partial charge in [-0.1, -0.05) is 17.7 Å². The van der Waals surface area contributed by atoms with Crippen LogP contribution in [0, 0.1) is 6.92 Å². The first-order chi connectivity index (χ1) is 12.3. The second-order valence-corrected chi connectivity index (χ2v) is 7.49. The van der Waals surface area contributed by atoms with E-state index in [1.807, 2.05) is 6.92 Å². The molecule has 8 nitrogen and oxygen atoms in total. The Balaban J connectivity index is 1.76. The van der Waals surface area contributed by atoms with E-state index in [1.165, 1.54) is 18.4 Å². The van der Waals surface area contributed by atoms with Gasteiger partial charge in [-0.25, -0.2) is 13.1 Å². The van der Waals surface area contributed by atoms with Crippen LogP contribution in [0.15, 0.2) is 52.0 Å². The second kappa shape index (κ2) is 8.63. The Labute approximate surface area is 152 Å². The van der Waals surface area contributed by atoms with Gasteiger partial charge in [0, 0.05) is 0 Å². The molecule has 0 saturated carbocycles. The van der Waals surface area contributed by atoms with Crippen molar-refractivity contribution in [2.24, 2.45) is 0 Å². The Kier molecular flexibility index (Phi) is 6.53. The molecule has 0 fully saturated rings. The predicted octanol–water partition coefficient (Wildman–Crippen LogP) is 0.860. The van der Waals surface area contributed by atoms with Crippen LogP contribution in [0.3, 0.4) is 0 Å². The molecule has 0 saturated heterocycles. The van der Waals surface area contributed by atoms with Crippen molar-refractivity contribution in [2.45, 2.75) is 24.8 Å². The summed E-state index contributed by atoms with van der Waals surface area (Å²) in [4.78, 5) is 23.6. The summed E-state index contributed by atoms with van der Waals surface area (Å²) in [5, 5.41) is 5.01. The highest BCUT2D eigenvalue weighted by Crippen LogP contribution is 2.11. The lowest BCUT2D eigenvalue weighted by atomic mass is 10.2. The van der Waals surface area contributed by atoms with E-state index in [0.29, 0.717) is 5.76 Å². The first-order valence-corrected chi connectivity index (χ1v) is 9.42. The van der Waals surface area contributed by atoms with Gasteiger partial charge in [0.25, 0.3) is 0 Å². The number of aryl methyl sites for hydroxylation is 1. The molecular formula is C17H21N3O5S. The minimum atomic E-state index is -3.78. The van der Waals surface area contributed by atoms with Crippen LogP contribution in [0.4, 0.5) is 0 Å². The Hall–Kier alpha value is -2.65. The zero-order valence-corrected chi connectivity index (χ0v) is 15.3. The van der Waals surface area contributed by atoms with Gasteiger partial charge in [0.15, 0.2) is 0 Å². The predicted molar refractivity (Wildman–Crippen MR) is 94.6 cm³/mol. The van der Waals surface area contributed by atoms with Gasteiger partial charge in [-0.15, -0.1) is 0 Å². The number of hydrogen-bond acceptors (Lipinski definition) is 5. The van der Waals surface area contributed by atoms with Crippen molar-refractivity contribution in [3.05, 3.63) is 54.0 Å². The third kappa shape index (κ3) is 5.71. The largest absolute Gasteiger partial charge is 0.467 e. The lowest BCUT2D eigenvalue weighted by Crippen LogP contribution is -2.42. The molecule has 2 aromatic rings. The maximum Gasteiger partial charge on any atom is 0.241 e. The number of amides is 2. The second-order valence-electron chi connectivity index (χ2n) is 5.72. The molecule has 1 heterocycles. The molecule has 0 spiro atoms.